The van der Waals surface area contributed by atoms with Crippen molar-refractivity contribution in [1.29, 1.82) is 0 Å². The number of azo groups is 2. The Morgan fingerprint density at radius 1 is 0.844 bits per heavy atom. The van der Waals surface area contributed by atoms with E-state index >= 15 is 0 Å². The smallest absolute Gasteiger partial charge is 0.337 e. The molecule has 164 valence electrons. The number of benzene rings is 3. The maximum Gasteiger partial charge on any atom is 0.337 e. The molecule has 0 aliphatic heterocycles. The molecule has 0 bridgehead atoms. The number of nitrogen functional groups attached to an aromatic ring is 1. The molecule has 9 heteroatoms. The van der Waals surface area contributed by atoms with Crippen LogP contribution >= 0.6 is 12.6 Å². The van der Waals surface area contributed by atoms with Crippen molar-refractivity contribution in [3.05, 3.63) is 64.7 Å². The van der Waals surface area contributed by atoms with Crippen LogP contribution in [0.25, 0.3) is 0 Å². The standard InChI is InChI=1S/C23H23N5O3S/c1-12-7-17(24)22(31-4)11-20(12)27-25-18-8-14(3)19(9-13(18)2)26-28-21-10-15(32)5-6-16(21)23(29)30/h5-11,32H,24H2,1-4H3,(H,29,30). The third-order valence-electron chi connectivity index (χ3n) is 4.81. The first kappa shape index (κ1) is 23.0. The molecule has 0 aromatic heterocycles. The van der Waals surface area contributed by atoms with Gasteiger partial charge >= 0.3 is 5.97 Å². The summed E-state index contributed by atoms with van der Waals surface area (Å²) >= 11 is 4.25. The summed E-state index contributed by atoms with van der Waals surface area (Å²) in [5.41, 5.74) is 11.2. The maximum absolute atomic E-state index is 11.4. The van der Waals surface area contributed by atoms with Gasteiger partial charge < -0.3 is 15.6 Å². The van der Waals surface area contributed by atoms with Crippen molar-refractivity contribution in [3.8, 4) is 5.75 Å². The summed E-state index contributed by atoms with van der Waals surface area (Å²) in [4.78, 5) is 12.0. The summed E-state index contributed by atoms with van der Waals surface area (Å²) in [6, 6.07) is 11.8. The lowest BCUT2D eigenvalue weighted by Crippen LogP contribution is -1.96. The Kier molecular flexibility index (Phi) is 6.89. The van der Waals surface area contributed by atoms with Gasteiger partial charge in [-0.05, 0) is 73.9 Å². The van der Waals surface area contributed by atoms with Gasteiger partial charge in [-0.2, -0.15) is 15.3 Å². The Morgan fingerprint density at radius 3 is 1.88 bits per heavy atom. The molecule has 0 saturated heterocycles. The highest BCUT2D eigenvalue weighted by atomic mass is 32.1. The zero-order chi connectivity index (χ0) is 23.4. The van der Waals surface area contributed by atoms with Gasteiger partial charge in [0.15, 0.2) is 0 Å². The minimum Gasteiger partial charge on any atom is -0.495 e. The highest BCUT2D eigenvalue weighted by Gasteiger charge is 2.11. The number of nitrogens with zero attached hydrogens (tertiary/aromatic N) is 4. The molecule has 3 N–H and O–H groups in total. The van der Waals surface area contributed by atoms with Crippen LogP contribution in [-0.2, 0) is 0 Å². The molecule has 3 aromatic carbocycles. The number of rotatable bonds is 6. The van der Waals surface area contributed by atoms with Crippen molar-refractivity contribution in [3.63, 3.8) is 0 Å². The zero-order valence-electron chi connectivity index (χ0n) is 18.1. The average Bonchev–Trinajstić information content (AvgIpc) is 2.73. The number of ether oxygens (including phenoxy) is 1. The number of methoxy groups -OCH3 is 1. The first-order valence-electron chi connectivity index (χ1n) is 9.64. The minimum atomic E-state index is -1.08. The molecule has 0 aliphatic rings. The number of hydrogen-bond acceptors (Lipinski definition) is 8. The number of thiol groups is 1. The molecule has 0 aliphatic carbocycles. The van der Waals surface area contributed by atoms with Gasteiger partial charge in [-0.15, -0.1) is 17.7 Å². The third-order valence-corrected chi connectivity index (χ3v) is 5.08. The Morgan fingerprint density at radius 2 is 1.34 bits per heavy atom. The van der Waals surface area contributed by atoms with E-state index in [2.05, 4.69) is 33.1 Å². The van der Waals surface area contributed by atoms with E-state index in [4.69, 9.17) is 10.5 Å². The molecule has 0 fully saturated rings. The fourth-order valence-corrected chi connectivity index (χ4v) is 3.18. The molecule has 3 aromatic rings. The summed E-state index contributed by atoms with van der Waals surface area (Å²) in [7, 11) is 1.55. The highest BCUT2D eigenvalue weighted by Crippen LogP contribution is 2.34. The van der Waals surface area contributed by atoms with Gasteiger partial charge in [0.25, 0.3) is 0 Å². The number of carboxylic acids is 1. The van der Waals surface area contributed by atoms with Crippen LogP contribution in [0.5, 0.6) is 5.75 Å². The second kappa shape index (κ2) is 9.61. The lowest BCUT2D eigenvalue weighted by atomic mass is 10.1. The van der Waals surface area contributed by atoms with Crippen LogP contribution in [0.3, 0.4) is 0 Å². The van der Waals surface area contributed by atoms with Gasteiger partial charge in [-0.1, -0.05) is 0 Å². The van der Waals surface area contributed by atoms with Gasteiger partial charge in [0, 0.05) is 11.0 Å². The number of carboxylic acid groups (broad SMARTS) is 1. The summed E-state index contributed by atoms with van der Waals surface area (Å²) < 4.78 is 5.25. The number of aromatic carboxylic acids is 1. The molecule has 0 saturated carbocycles. The number of anilines is 1. The third kappa shape index (κ3) is 5.12. The van der Waals surface area contributed by atoms with Gasteiger partial charge in [0.05, 0.1) is 35.4 Å². The first-order valence-corrected chi connectivity index (χ1v) is 10.1. The molecule has 0 radical (unpaired) electrons. The highest BCUT2D eigenvalue weighted by molar-refractivity contribution is 7.80. The second-order valence-corrected chi connectivity index (χ2v) is 7.73. The van der Waals surface area contributed by atoms with E-state index in [0.29, 0.717) is 33.4 Å². The van der Waals surface area contributed by atoms with E-state index in [-0.39, 0.29) is 11.3 Å². The lowest BCUT2D eigenvalue weighted by molar-refractivity contribution is 0.0697. The summed E-state index contributed by atoms with van der Waals surface area (Å²) in [6.07, 6.45) is 0. The fourth-order valence-electron chi connectivity index (χ4n) is 2.98. The van der Waals surface area contributed by atoms with Crippen LogP contribution in [0, 0.1) is 20.8 Å². The van der Waals surface area contributed by atoms with Crippen LogP contribution < -0.4 is 10.5 Å². The van der Waals surface area contributed by atoms with Gasteiger partial charge in [-0.3, -0.25) is 0 Å². The van der Waals surface area contributed by atoms with Crippen LogP contribution in [0.15, 0.2) is 67.8 Å². The summed E-state index contributed by atoms with van der Waals surface area (Å²) in [5.74, 6) is -0.537. The van der Waals surface area contributed by atoms with Gasteiger partial charge in [0.2, 0.25) is 0 Å². The predicted molar refractivity (Wildman–Crippen MR) is 127 cm³/mol. The topological polar surface area (TPSA) is 122 Å². The quantitative estimate of drug-likeness (QED) is 0.212. The molecule has 0 amide bonds. The largest absolute Gasteiger partial charge is 0.495 e. The van der Waals surface area contributed by atoms with E-state index in [0.717, 1.165) is 16.7 Å². The summed E-state index contributed by atoms with van der Waals surface area (Å²) in [6.45, 7) is 5.66. The van der Waals surface area contributed by atoms with Crippen LogP contribution in [0.4, 0.5) is 28.4 Å². The zero-order valence-corrected chi connectivity index (χ0v) is 19.0. The van der Waals surface area contributed by atoms with Crippen molar-refractivity contribution in [1.82, 2.24) is 0 Å². The van der Waals surface area contributed by atoms with E-state index < -0.39 is 5.97 Å². The Balaban J connectivity index is 1.91. The molecule has 0 unspecified atom stereocenters. The van der Waals surface area contributed by atoms with Crippen LogP contribution in [-0.4, -0.2) is 18.2 Å². The number of carbonyl (C=O) groups is 1. The van der Waals surface area contributed by atoms with Crippen molar-refractivity contribution < 1.29 is 14.6 Å². The molecule has 0 heterocycles. The van der Waals surface area contributed by atoms with E-state index in [1.165, 1.54) is 6.07 Å². The molecule has 0 spiro atoms. The van der Waals surface area contributed by atoms with Crippen LogP contribution in [0.2, 0.25) is 0 Å². The molecule has 8 nitrogen and oxygen atoms in total. The fraction of sp³-hybridized carbons (Fsp3) is 0.174. The maximum atomic E-state index is 11.4. The van der Waals surface area contributed by atoms with Crippen LogP contribution in [0.1, 0.15) is 27.0 Å². The number of aryl methyl sites for hydroxylation is 3. The second-order valence-electron chi connectivity index (χ2n) is 7.21. The Bertz CT molecular complexity index is 1250. The number of nitrogens with two attached hydrogens (primary N) is 1. The average molecular weight is 450 g/mol. The predicted octanol–water partition coefficient (Wildman–Crippen LogP) is 7.02. The van der Waals surface area contributed by atoms with Crippen molar-refractivity contribution in [2.24, 2.45) is 20.5 Å². The van der Waals surface area contributed by atoms with E-state index in [1.54, 1.807) is 31.4 Å². The monoisotopic (exact) mass is 449 g/mol. The summed E-state index contributed by atoms with van der Waals surface area (Å²) in [5, 5.41) is 26.5. The molecule has 3 rings (SSSR count). The van der Waals surface area contributed by atoms with E-state index in [1.807, 2.05) is 32.9 Å². The molecular weight excluding hydrogens is 426 g/mol. The minimum absolute atomic E-state index is 0.0561. The molecule has 0 atom stereocenters. The van der Waals surface area contributed by atoms with Crippen molar-refractivity contribution in [2.45, 2.75) is 25.7 Å². The lowest BCUT2D eigenvalue weighted by Gasteiger charge is -2.08. The van der Waals surface area contributed by atoms with Gasteiger partial charge in [-0.25, -0.2) is 4.79 Å². The Labute approximate surface area is 191 Å². The normalized spacial score (nSPS) is 11.4. The SMILES string of the molecule is COc1cc(N=Nc2cc(C)c(N=Nc3cc(S)ccc3C(=O)O)cc2C)c(C)cc1N. The molecule has 32 heavy (non-hydrogen) atoms. The molecular formula is C23H23N5O3S. The Hall–Kier alpha value is -3.72. The van der Waals surface area contributed by atoms with Gasteiger partial charge in [0.1, 0.15) is 11.4 Å². The van der Waals surface area contributed by atoms with E-state index in [9.17, 15) is 9.90 Å². The number of hydrogen-bond donors (Lipinski definition) is 3. The van der Waals surface area contributed by atoms with Crippen molar-refractivity contribution in [2.75, 3.05) is 12.8 Å². The first-order chi connectivity index (χ1) is 15.2. The van der Waals surface area contributed by atoms with Crippen molar-refractivity contribution >= 4 is 47.0 Å².